The Balaban J connectivity index is 1.38. The zero-order valence-corrected chi connectivity index (χ0v) is 17.8. The van der Waals surface area contributed by atoms with E-state index in [4.69, 9.17) is 4.74 Å². The lowest BCUT2D eigenvalue weighted by atomic mass is 9.87. The number of amides is 1. The van der Waals surface area contributed by atoms with E-state index in [0.29, 0.717) is 35.5 Å². The van der Waals surface area contributed by atoms with Crippen molar-refractivity contribution in [1.82, 2.24) is 4.90 Å². The Labute approximate surface area is 188 Å². The molecule has 5 rings (SSSR count). The van der Waals surface area contributed by atoms with Crippen molar-refractivity contribution in [2.45, 2.75) is 11.7 Å². The maximum atomic E-state index is 13.8. The lowest BCUT2D eigenvalue weighted by molar-refractivity contribution is -0.384. The molecule has 2 heterocycles. The summed E-state index contributed by atoms with van der Waals surface area (Å²) in [6.07, 6.45) is 0. The van der Waals surface area contributed by atoms with E-state index in [1.54, 1.807) is 17.0 Å². The van der Waals surface area contributed by atoms with Gasteiger partial charge in [0, 0.05) is 35.6 Å². The van der Waals surface area contributed by atoms with Crippen molar-refractivity contribution in [2.75, 3.05) is 13.1 Å². The molecule has 0 saturated heterocycles. The number of amidine groups is 1. The number of carbonyl (C=O) groups is 1. The molecule has 0 spiro atoms. The summed E-state index contributed by atoms with van der Waals surface area (Å²) in [7, 11) is 0. The smallest absolute Gasteiger partial charge is 0.269 e. The molecule has 0 fully saturated rings. The van der Waals surface area contributed by atoms with E-state index in [-0.39, 0.29) is 11.6 Å². The molecular formula is C24H19N3O4S. The van der Waals surface area contributed by atoms with Crippen molar-refractivity contribution in [1.29, 1.82) is 0 Å². The van der Waals surface area contributed by atoms with E-state index >= 15 is 0 Å². The average molecular weight is 446 g/mol. The SMILES string of the molecule is O=C(C1c2ccccc2Oc2ccccc21)N1CCN=C1SCc1ccc([N+](=O)[O-])cc1. The number of non-ortho nitro benzene ring substituents is 1. The summed E-state index contributed by atoms with van der Waals surface area (Å²) in [4.78, 5) is 30.5. The Hall–Kier alpha value is -3.65. The molecule has 0 aliphatic carbocycles. The van der Waals surface area contributed by atoms with Crippen LogP contribution >= 0.6 is 11.8 Å². The molecule has 0 atom stereocenters. The number of para-hydroxylation sites is 2. The van der Waals surface area contributed by atoms with Crippen LogP contribution in [-0.4, -0.2) is 34.0 Å². The van der Waals surface area contributed by atoms with Gasteiger partial charge in [0.05, 0.1) is 17.4 Å². The molecule has 3 aromatic rings. The molecule has 2 aliphatic rings. The Morgan fingerprint density at radius 3 is 2.28 bits per heavy atom. The van der Waals surface area contributed by atoms with Gasteiger partial charge in [-0.05, 0) is 17.7 Å². The molecule has 8 heteroatoms. The minimum absolute atomic E-state index is 0.0272. The molecular weight excluding hydrogens is 426 g/mol. The van der Waals surface area contributed by atoms with Crippen molar-refractivity contribution in [3.8, 4) is 11.5 Å². The quantitative estimate of drug-likeness (QED) is 0.418. The average Bonchev–Trinajstić information content (AvgIpc) is 3.29. The maximum Gasteiger partial charge on any atom is 0.269 e. The van der Waals surface area contributed by atoms with E-state index in [2.05, 4.69) is 4.99 Å². The predicted molar refractivity (Wildman–Crippen MR) is 123 cm³/mol. The molecule has 2 aliphatic heterocycles. The summed E-state index contributed by atoms with van der Waals surface area (Å²) in [5, 5.41) is 11.5. The zero-order chi connectivity index (χ0) is 22.1. The monoisotopic (exact) mass is 445 g/mol. The van der Waals surface area contributed by atoms with E-state index in [1.165, 1.54) is 23.9 Å². The van der Waals surface area contributed by atoms with Gasteiger partial charge in [-0.15, -0.1) is 0 Å². The Bertz CT molecular complexity index is 1180. The second-order valence-corrected chi connectivity index (χ2v) is 8.42. The highest BCUT2D eigenvalue weighted by atomic mass is 32.2. The summed E-state index contributed by atoms with van der Waals surface area (Å²) in [6, 6.07) is 21.7. The maximum absolute atomic E-state index is 13.8. The lowest BCUT2D eigenvalue weighted by Crippen LogP contribution is -2.38. The van der Waals surface area contributed by atoms with Gasteiger partial charge < -0.3 is 4.74 Å². The second-order valence-electron chi connectivity index (χ2n) is 7.48. The number of carbonyl (C=O) groups excluding carboxylic acids is 1. The highest BCUT2D eigenvalue weighted by molar-refractivity contribution is 8.13. The number of nitrogens with zero attached hydrogens (tertiary/aromatic N) is 3. The zero-order valence-electron chi connectivity index (χ0n) is 17.0. The number of hydrogen-bond donors (Lipinski definition) is 0. The van der Waals surface area contributed by atoms with Crippen LogP contribution in [0, 0.1) is 10.1 Å². The van der Waals surface area contributed by atoms with Crippen LogP contribution in [0.15, 0.2) is 77.8 Å². The third-order valence-electron chi connectivity index (χ3n) is 5.51. The normalized spacial score (nSPS) is 14.9. The summed E-state index contributed by atoms with van der Waals surface area (Å²) in [5.41, 5.74) is 2.70. The van der Waals surface area contributed by atoms with Crippen LogP contribution in [0.2, 0.25) is 0 Å². The van der Waals surface area contributed by atoms with Gasteiger partial charge in [-0.25, -0.2) is 0 Å². The van der Waals surface area contributed by atoms with Gasteiger partial charge in [-0.1, -0.05) is 60.3 Å². The fourth-order valence-electron chi connectivity index (χ4n) is 3.95. The van der Waals surface area contributed by atoms with Gasteiger partial charge in [0.2, 0.25) is 5.91 Å². The number of thioether (sulfide) groups is 1. The van der Waals surface area contributed by atoms with Crippen molar-refractivity contribution >= 4 is 28.5 Å². The van der Waals surface area contributed by atoms with Crippen LogP contribution in [0.4, 0.5) is 5.69 Å². The minimum Gasteiger partial charge on any atom is -0.457 e. The molecule has 160 valence electrons. The van der Waals surface area contributed by atoms with E-state index < -0.39 is 10.8 Å². The molecule has 3 aromatic carbocycles. The Kier molecular flexibility index (Phi) is 5.36. The highest BCUT2D eigenvalue weighted by Gasteiger charge is 2.37. The molecule has 0 unspecified atom stereocenters. The molecule has 7 nitrogen and oxygen atoms in total. The third kappa shape index (κ3) is 3.73. The van der Waals surface area contributed by atoms with Gasteiger partial charge in [-0.2, -0.15) is 0 Å². The molecule has 0 aromatic heterocycles. The number of rotatable bonds is 4. The second kappa shape index (κ2) is 8.47. The fourth-order valence-corrected chi connectivity index (χ4v) is 4.96. The van der Waals surface area contributed by atoms with Crippen molar-refractivity contribution in [3.05, 3.63) is 99.6 Å². The van der Waals surface area contributed by atoms with Crippen LogP contribution in [0.1, 0.15) is 22.6 Å². The standard InChI is InChI=1S/C24H19N3O4S/c28-23(22-18-5-1-3-7-20(18)31-21-8-4-2-6-19(21)22)26-14-13-25-24(26)32-15-16-9-11-17(12-10-16)27(29)30/h1-12,22H,13-15H2. The van der Waals surface area contributed by atoms with E-state index in [0.717, 1.165) is 16.7 Å². The van der Waals surface area contributed by atoms with Crippen LogP contribution < -0.4 is 4.74 Å². The molecule has 0 N–H and O–H groups in total. The minimum atomic E-state index is -0.459. The first-order valence-electron chi connectivity index (χ1n) is 10.2. The molecule has 0 radical (unpaired) electrons. The number of nitro groups is 1. The molecule has 1 amide bonds. The van der Waals surface area contributed by atoms with Gasteiger partial charge in [0.1, 0.15) is 11.5 Å². The Morgan fingerprint density at radius 2 is 1.66 bits per heavy atom. The number of hydrogen-bond acceptors (Lipinski definition) is 6. The van der Waals surface area contributed by atoms with Gasteiger partial charge >= 0.3 is 0 Å². The van der Waals surface area contributed by atoms with Crippen LogP contribution in [-0.2, 0) is 10.5 Å². The topological polar surface area (TPSA) is 85.0 Å². The largest absolute Gasteiger partial charge is 0.457 e. The van der Waals surface area contributed by atoms with Crippen molar-refractivity contribution in [2.24, 2.45) is 4.99 Å². The van der Waals surface area contributed by atoms with E-state index in [9.17, 15) is 14.9 Å². The number of benzene rings is 3. The van der Waals surface area contributed by atoms with E-state index in [1.807, 2.05) is 48.5 Å². The van der Waals surface area contributed by atoms with Crippen LogP contribution in [0.25, 0.3) is 0 Å². The number of fused-ring (bicyclic) bond motifs is 2. The molecule has 0 saturated carbocycles. The number of ether oxygens (including phenoxy) is 1. The Morgan fingerprint density at radius 1 is 1.03 bits per heavy atom. The molecule has 32 heavy (non-hydrogen) atoms. The summed E-state index contributed by atoms with van der Waals surface area (Å²) >= 11 is 1.47. The highest BCUT2D eigenvalue weighted by Crippen LogP contribution is 2.45. The first kappa shape index (κ1) is 20.3. The fraction of sp³-hybridized carbons (Fsp3) is 0.167. The number of nitro benzene ring substituents is 1. The van der Waals surface area contributed by atoms with Crippen molar-refractivity contribution in [3.63, 3.8) is 0 Å². The predicted octanol–water partition coefficient (Wildman–Crippen LogP) is 4.96. The molecule has 0 bridgehead atoms. The third-order valence-corrected chi connectivity index (χ3v) is 6.59. The van der Waals surface area contributed by atoms with Crippen LogP contribution in [0.3, 0.4) is 0 Å². The summed E-state index contributed by atoms with van der Waals surface area (Å²) < 4.78 is 6.02. The summed E-state index contributed by atoms with van der Waals surface area (Å²) in [6.45, 7) is 1.09. The van der Waals surface area contributed by atoms with Crippen molar-refractivity contribution < 1.29 is 14.5 Å². The van der Waals surface area contributed by atoms with Gasteiger partial charge in [0.15, 0.2) is 5.17 Å². The first-order chi connectivity index (χ1) is 15.6. The van der Waals surface area contributed by atoms with Gasteiger partial charge in [-0.3, -0.25) is 24.8 Å². The lowest BCUT2D eigenvalue weighted by Gasteiger charge is -2.30. The van der Waals surface area contributed by atoms with Gasteiger partial charge in [0.25, 0.3) is 5.69 Å². The van der Waals surface area contributed by atoms with Crippen LogP contribution in [0.5, 0.6) is 11.5 Å². The first-order valence-corrected chi connectivity index (χ1v) is 11.2. The summed E-state index contributed by atoms with van der Waals surface area (Å²) in [5.74, 6) is 1.48. The number of aliphatic imine (C=N–C) groups is 1.